The fourth-order valence-corrected chi connectivity index (χ4v) is 6.06. The summed E-state index contributed by atoms with van der Waals surface area (Å²) in [6, 6.07) is 9.64. The zero-order chi connectivity index (χ0) is 22.1. The lowest BCUT2D eigenvalue weighted by molar-refractivity contribution is -0.146. The fourth-order valence-electron chi connectivity index (χ4n) is 4.91. The van der Waals surface area contributed by atoms with Crippen molar-refractivity contribution in [1.29, 1.82) is 0 Å². The molecule has 0 aliphatic heterocycles. The summed E-state index contributed by atoms with van der Waals surface area (Å²) in [5, 5.41) is 16.0. The zero-order valence-corrected chi connectivity index (χ0v) is 18.4. The maximum atomic E-state index is 13.1. The van der Waals surface area contributed by atoms with Gasteiger partial charge in [-0.2, -0.15) is 0 Å². The van der Waals surface area contributed by atoms with Crippen LogP contribution in [0.25, 0.3) is 0 Å². The van der Waals surface area contributed by atoms with Gasteiger partial charge in [0.25, 0.3) is 5.91 Å². The largest absolute Gasteiger partial charge is 0.481 e. The molecule has 4 rings (SSSR count). The van der Waals surface area contributed by atoms with Crippen molar-refractivity contribution in [2.45, 2.75) is 33.2 Å². The van der Waals surface area contributed by atoms with Crippen LogP contribution in [0.2, 0.25) is 0 Å². The van der Waals surface area contributed by atoms with Crippen molar-refractivity contribution >= 4 is 34.1 Å². The topological polar surface area (TPSA) is 95.5 Å². The van der Waals surface area contributed by atoms with Gasteiger partial charge in [0.2, 0.25) is 5.91 Å². The molecule has 1 aromatic carbocycles. The third kappa shape index (κ3) is 4.02. The summed E-state index contributed by atoms with van der Waals surface area (Å²) in [6.45, 7) is 4.31. The number of hydrogen-bond acceptors (Lipinski definition) is 4. The molecular formula is C24H26N2O4S. The number of carbonyl (C=O) groups is 3. The maximum Gasteiger partial charge on any atom is 0.307 e. The number of thiophene rings is 1. The van der Waals surface area contributed by atoms with E-state index >= 15 is 0 Å². The minimum atomic E-state index is -0.936. The first-order valence-corrected chi connectivity index (χ1v) is 11.4. The summed E-state index contributed by atoms with van der Waals surface area (Å²) in [6.07, 6.45) is 5.24. The van der Waals surface area contributed by atoms with Gasteiger partial charge in [-0.25, -0.2) is 0 Å². The van der Waals surface area contributed by atoms with Gasteiger partial charge >= 0.3 is 5.97 Å². The highest BCUT2D eigenvalue weighted by Gasteiger charge is 2.51. The van der Waals surface area contributed by atoms with Crippen LogP contribution in [0.4, 0.5) is 5.00 Å². The second-order valence-corrected chi connectivity index (χ2v) is 9.41. The highest BCUT2D eigenvalue weighted by atomic mass is 32.1. The van der Waals surface area contributed by atoms with Crippen molar-refractivity contribution in [2.75, 3.05) is 5.32 Å². The summed E-state index contributed by atoms with van der Waals surface area (Å²) >= 11 is 1.37. The predicted molar refractivity (Wildman–Crippen MR) is 120 cm³/mol. The van der Waals surface area contributed by atoms with Gasteiger partial charge in [0.1, 0.15) is 5.00 Å². The molecule has 6 nitrogen and oxygen atoms in total. The van der Waals surface area contributed by atoms with Gasteiger partial charge in [-0.05, 0) is 42.7 Å². The smallest absolute Gasteiger partial charge is 0.307 e. The third-order valence-electron chi connectivity index (χ3n) is 6.37. The highest BCUT2D eigenvalue weighted by molar-refractivity contribution is 7.16. The molecule has 4 atom stereocenters. The summed E-state index contributed by atoms with van der Waals surface area (Å²) in [5.41, 5.74) is 2.39. The molecule has 3 N–H and O–H groups in total. The number of amides is 2. The molecule has 2 amide bonds. The Balaban J connectivity index is 1.56. The van der Waals surface area contributed by atoms with E-state index in [1.54, 1.807) is 0 Å². The van der Waals surface area contributed by atoms with Crippen LogP contribution < -0.4 is 10.6 Å². The van der Waals surface area contributed by atoms with Gasteiger partial charge in [-0.3, -0.25) is 14.4 Å². The summed E-state index contributed by atoms with van der Waals surface area (Å²) in [7, 11) is 0. The van der Waals surface area contributed by atoms with Crippen molar-refractivity contribution < 1.29 is 19.5 Å². The first-order valence-electron chi connectivity index (χ1n) is 10.6. The van der Waals surface area contributed by atoms with Crippen molar-refractivity contribution in [1.82, 2.24) is 5.32 Å². The molecular weight excluding hydrogens is 412 g/mol. The van der Waals surface area contributed by atoms with Crippen LogP contribution in [0.1, 0.15) is 39.7 Å². The molecule has 1 heterocycles. The van der Waals surface area contributed by atoms with Crippen molar-refractivity contribution in [3.05, 3.63) is 64.1 Å². The monoisotopic (exact) mass is 438 g/mol. The molecule has 31 heavy (non-hydrogen) atoms. The Labute approximate surface area is 185 Å². The van der Waals surface area contributed by atoms with Crippen LogP contribution in [-0.2, 0) is 22.6 Å². The molecule has 7 heteroatoms. The number of benzene rings is 1. The summed E-state index contributed by atoms with van der Waals surface area (Å²) in [4.78, 5) is 39.0. The number of anilines is 1. The second kappa shape index (κ2) is 8.67. The Morgan fingerprint density at radius 2 is 1.77 bits per heavy atom. The first-order chi connectivity index (χ1) is 14.9. The van der Waals surface area contributed by atoms with E-state index in [0.717, 1.165) is 16.0 Å². The van der Waals surface area contributed by atoms with E-state index in [2.05, 4.69) is 10.6 Å². The Morgan fingerprint density at radius 3 is 2.42 bits per heavy atom. The second-order valence-electron chi connectivity index (χ2n) is 8.19. The zero-order valence-electron chi connectivity index (χ0n) is 17.6. The van der Waals surface area contributed by atoms with Gasteiger partial charge in [-0.1, -0.05) is 49.4 Å². The van der Waals surface area contributed by atoms with Crippen LogP contribution in [0.15, 0.2) is 42.5 Å². The van der Waals surface area contributed by atoms with E-state index in [0.29, 0.717) is 30.0 Å². The molecule has 0 radical (unpaired) electrons. The van der Waals surface area contributed by atoms with E-state index < -0.39 is 17.8 Å². The normalized spacial score (nSPS) is 23.7. The van der Waals surface area contributed by atoms with E-state index in [9.17, 15) is 19.5 Å². The summed E-state index contributed by atoms with van der Waals surface area (Å²) in [5.74, 6) is -2.96. The van der Waals surface area contributed by atoms with Gasteiger partial charge < -0.3 is 15.7 Å². The summed E-state index contributed by atoms with van der Waals surface area (Å²) < 4.78 is 0. The Bertz CT molecular complexity index is 1040. The SMILES string of the molecule is CCc1c(C)sc(NC(=O)[C@H]2[C@@H](C(=O)O)[C@H]3C=C[C@H]2C3)c1C(=O)NCc1ccccc1. The van der Waals surface area contributed by atoms with Crippen molar-refractivity contribution in [3.63, 3.8) is 0 Å². The molecule has 1 fully saturated rings. The number of rotatable bonds is 7. The number of carboxylic acids is 1. The number of hydrogen-bond donors (Lipinski definition) is 3. The number of carboxylic acid groups (broad SMARTS) is 1. The van der Waals surface area contributed by atoms with Crippen molar-refractivity contribution in [3.8, 4) is 0 Å². The molecule has 2 aliphatic rings. The van der Waals surface area contributed by atoms with Gasteiger partial charge in [0.05, 0.1) is 17.4 Å². The van der Waals surface area contributed by atoms with Crippen LogP contribution in [-0.4, -0.2) is 22.9 Å². The van der Waals surface area contributed by atoms with E-state index in [4.69, 9.17) is 0 Å². The van der Waals surface area contributed by atoms with Crippen LogP contribution in [0.3, 0.4) is 0 Å². The predicted octanol–water partition coefficient (Wildman–Crippen LogP) is 4.01. The van der Waals surface area contributed by atoms with Crippen LogP contribution in [0, 0.1) is 30.6 Å². The Kier molecular flexibility index (Phi) is 5.96. The quantitative estimate of drug-likeness (QED) is 0.569. The van der Waals surface area contributed by atoms with E-state index in [1.165, 1.54) is 11.3 Å². The molecule has 0 unspecified atom stereocenters. The number of nitrogens with one attached hydrogen (secondary N) is 2. The Morgan fingerprint density at radius 1 is 1.10 bits per heavy atom. The van der Waals surface area contributed by atoms with Crippen LogP contribution >= 0.6 is 11.3 Å². The van der Waals surface area contributed by atoms with Crippen molar-refractivity contribution in [2.24, 2.45) is 23.7 Å². The number of aryl methyl sites for hydroxylation is 1. The Hall–Kier alpha value is -2.93. The minimum absolute atomic E-state index is 0.0619. The average molecular weight is 439 g/mol. The van der Waals surface area contributed by atoms with Gasteiger partial charge in [-0.15, -0.1) is 11.3 Å². The van der Waals surface area contributed by atoms with E-state index in [-0.39, 0.29) is 23.7 Å². The minimum Gasteiger partial charge on any atom is -0.481 e. The number of aliphatic carboxylic acids is 1. The molecule has 2 aliphatic carbocycles. The lowest BCUT2D eigenvalue weighted by Gasteiger charge is -2.23. The first kappa shape index (κ1) is 21.3. The van der Waals surface area contributed by atoms with E-state index in [1.807, 2.05) is 56.3 Å². The molecule has 1 aromatic heterocycles. The average Bonchev–Trinajstić information content (AvgIpc) is 3.45. The fraction of sp³-hybridized carbons (Fsp3) is 0.375. The standard InChI is InChI=1S/C24H26N2O4S/c1-3-17-13(2)31-23(20(17)21(27)25-12-14-7-5-4-6-8-14)26-22(28)18-15-9-10-16(11-15)19(18)24(29)30/h4-10,15-16,18-19H,3,11-12H2,1-2H3,(H,25,27)(H,26,28)(H,29,30)/t15-,16-,18+,19-/m0/s1. The lowest BCUT2D eigenvalue weighted by Crippen LogP contribution is -2.36. The molecule has 2 bridgehead atoms. The number of allylic oxidation sites excluding steroid dienone is 2. The molecule has 1 saturated carbocycles. The molecule has 0 saturated heterocycles. The van der Waals surface area contributed by atoms with Crippen LogP contribution in [0.5, 0.6) is 0 Å². The maximum absolute atomic E-state index is 13.1. The number of fused-ring (bicyclic) bond motifs is 2. The number of carbonyl (C=O) groups excluding carboxylic acids is 2. The molecule has 2 aromatic rings. The molecule has 162 valence electrons. The lowest BCUT2D eigenvalue weighted by atomic mass is 9.82. The van der Waals surface area contributed by atoms with Gasteiger partial charge in [0, 0.05) is 11.4 Å². The molecule has 0 spiro atoms. The third-order valence-corrected chi connectivity index (χ3v) is 7.43. The highest BCUT2D eigenvalue weighted by Crippen LogP contribution is 2.48. The van der Waals surface area contributed by atoms with Gasteiger partial charge in [0.15, 0.2) is 0 Å².